The minimum atomic E-state index is -1.36. The van der Waals surface area contributed by atoms with E-state index in [2.05, 4.69) is 4.98 Å². The summed E-state index contributed by atoms with van der Waals surface area (Å²) in [6.45, 7) is 0.950. The molecular weight excluding hydrogens is 322 g/mol. The van der Waals surface area contributed by atoms with Gasteiger partial charge in [-0.1, -0.05) is 6.07 Å². The van der Waals surface area contributed by atoms with E-state index in [1.807, 2.05) is 25.1 Å². The molecule has 1 N–H and O–H groups in total. The molecule has 0 radical (unpaired) electrons. The van der Waals surface area contributed by atoms with Crippen molar-refractivity contribution >= 4 is 45.4 Å². The number of fused-ring (bicyclic) bond motifs is 1. The van der Waals surface area contributed by atoms with Crippen LogP contribution in [0.1, 0.15) is 10.6 Å². The fraction of sp³-hybridized carbons (Fsp3) is 0.214. The molecule has 4 amide bonds. The molecule has 0 unspecified atom stereocenters. The number of aliphatic carboxylic acids is 1. The van der Waals surface area contributed by atoms with E-state index in [-0.39, 0.29) is 6.54 Å². The van der Waals surface area contributed by atoms with Gasteiger partial charge in [-0.15, -0.1) is 11.3 Å². The molecule has 1 fully saturated rings. The number of rotatable bonds is 4. The molecule has 0 aliphatic carbocycles. The van der Waals surface area contributed by atoms with Crippen molar-refractivity contribution in [2.24, 2.45) is 0 Å². The molecule has 1 aromatic carbocycles. The topological polar surface area (TPSA) is 108 Å². The SMILES string of the molecule is Cc1ccc2nc(CN3C(=O)C(=O)N(CC(=O)O)C3=O)sc2c1. The van der Waals surface area contributed by atoms with Gasteiger partial charge < -0.3 is 5.11 Å². The Balaban J connectivity index is 1.86. The zero-order valence-electron chi connectivity index (χ0n) is 12.0. The first-order valence-corrected chi connectivity index (χ1v) is 7.43. The number of urea groups is 1. The average Bonchev–Trinajstić information content (AvgIpc) is 2.96. The zero-order valence-corrected chi connectivity index (χ0v) is 12.8. The van der Waals surface area contributed by atoms with E-state index in [9.17, 15) is 19.2 Å². The molecule has 3 rings (SSSR count). The van der Waals surface area contributed by atoms with Crippen LogP contribution in [-0.4, -0.2) is 50.2 Å². The van der Waals surface area contributed by atoms with Gasteiger partial charge in [0.15, 0.2) is 0 Å². The normalized spacial score (nSPS) is 15.1. The smallest absolute Gasteiger partial charge is 0.335 e. The maximum atomic E-state index is 12.1. The summed E-state index contributed by atoms with van der Waals surface area (Å²) in [5.74, 6) is -3.53. The van der Waals surface area contributed by atoms with E-state index in [0.717, 1.165) is 20.7 Å². The summed E-state index contributed by atoms with van der Waals surface area (Å²) in [5.41, 5.74) is 1.80. The first-order chi connectivity index (χ1) is 10.9. The minimum absolute atomic E-state index is 0.155. The lowest BCUT2D eigenvalue weighted by Gasteiger charge is -2.12. The first kappa shape index (κ1) is 15.1. The van der Waals surface area contributed by atoms with Crippen LogP contribution in [0.4, 0.5) is 4.79 Å². The molecule has 0 atom stereocenters. The van der Waals surface area contributed by atoms with Gasteiger partial charge in [0.2, 0.25) is 0 Å². The quantitative estimate of drug-likeness (QED) is 0.660. The molecule has 0 bridgehead atoms. The number of benzene rings is 1. The Labute approximate surface area is 133 Å². The van der Waals surface area contributed by atoms with E-state index in [0.29, 0.717) is 9.91 Å². The van der Waals surface area contributed by atoms with E-state index in [1.165, 1.54) is 11.3 Å². The maximum absolute atomic E-state index is 12.1. The van der Waals surface area contributed by atoms with Crippen LogP contribution in [-0.2, 0) is 20.9 Å². The van der Waals surface area contributed by atoms with Crippen molar-refractivity contribution in [1.29, 1.82) is 0 Å². The fourth-order valence-corrected chi connectivity index (χ4v) is 3.30. The largest absolute Gasteiger partial charge is 0.480 e. The summed E-state index contributed by atoms with van der Waals surface area (Å²) in [7, 11) is 0. The summed E-state index contributed by atoms with van der Waals surface area (Å²) >= 11 is 1.32. The molecule has 23 heavy (non-hydrogen) atoms. The molecule has 1 aliphatic heterocycles. The van der Waals surface area contributed by atoms with Gasteiger partial charge in [-0.3, -0.25) is 14.4 Å². The highest BCUT2D eigenvalue weighted by Crippen LogP contribution is 2.25. The third kappa shape index (κ3) is 2.66. The van der Waals surface area contributed by atoms with E-state index in [1.54, 1.807) is 0 Å². The van der Waals surface area contributed by atoms with Crippen LogP contribution in [0.15, 0.2) is 18.2 Å². The molecular formula is C14H11N3O5S. The maximum Gasteiger partial charge on any atom is 0.335 e. The molecule has 118 valence electrons. The first-order valence-electron chi connectivity index (χ1n) is 6.62. The summed E-state index contributed by atoms with van der Waals surface area (Å²) in [4.78, 5) is 51.8. The molecule has 1 aliphatic rings. The van der Waals surface area contributed by atoms with E-state index >= 15 is 0 Å². The number of aryl methyl sites for hydroxylation is 1. The molecule has 1 aromatic heterocycles. The van der Waals surface area contributed by atoms with Crippen molar-refractivity contribution in [2.75, 3.05) is 6.54 Å². The second kappa shape index (κ2) is 5.43. The monoisotopic (exact) mass is 333 g/mol. The number of hydrogen-bond donors (Lipinski definition) is 1. The number of hydrogen-bond acceptors (Lipinski definition) is 6. The van der Waals surface area contributed by atoms with Crippen LogP contribution in [0.2, 0.25) is 0 Å². The van der Waals surface area contributed by atoms with Gasteiger partial charge in [-0.25, -0.2) is 19.6 Å². The van der Waals surface area contributed by atoms with Crippen LogP contribution >= 0.6 is 11.3 Å². The van der Waals surface area contributed by atoms with Crippen LogP contribution < -0.4 is 0 Å². The number of carbonyl (C=O) groups is 4. The molecule has 9 heteroatoms. The van der Waals surface area contributed by atoms with Crippen molar-refractivity contribution in [3.63, 3.8) is 0 Å². The summed E-state index contributed by atoms with van der Waals surface area (Å²) in [5, 5.41) is 9.20. The number of thiazole rings is 1. The Morgan fingerprint density at radius 2 is 1.91 bits per heavy atom. The van der Waals surface area contributed by atoms with Crippen molar-refractivity contribution in [3.05, 3.63) is 28.8 Å². The van der Waals surface area contributed by atoms with Gasteiger partial charge in [0.05, 0.1) is 16.8 Å². The zero-order chi connectivity index (χ0) is 16.7. The number of carbonyl (C=O) groups excluding carboxylic acids is 3. The van der Waals surface area contributed by atoms with Gasteiger partial charge >= 0.3 is 23.8 Å². The number of amides is 4. The Morgan fingerprint density at radius 3 is 2.61 bits per heavy atom. The molecule has 2 aromatic rings. The number of imide groups is 2. The standard InChI is InChI=1S/C14H11N3O5S/c1-7-2-3-8-9(4-7)23-10(15-8)5-16-12(20)13(21)17(14(16)22)6-11(18)19/h2-4H,5-6H2,1H3,(H,18,19). The van der Waals surface area contributed by atoms with Crippen molar-refractivity contribution in [3.8, 4) is 0 Å². The number of nitrogens with zero attached hydrogens (tertiary/aromatic N) is 3. The lowest BCUT2D eigenvalue weighted by Crippen LogP contribution is -2.36. The lowest BCUT2D eigenvalue weighted by atomic mass is 10.2. The number of aromatic nitrogens is 1. The van der Waals surface area contributed by atoms with E-state index in [4.69, 9.17) is 5.11 Å². The van der Waals surface area contributed by atoms with Gasteiger partial charge in [-0.05, 0) is 24.6 Å². The van der Waals surface area contributed by atoms with Crippen LogP contribution in [0.3, 0.4) is 0 Å². The van der Waals surface area contributed by atoms with Gasteiger partial charge in [-0.2, -0.15) is 0 Å². The second-order valence-corrected chi connectivity index (χ2v) is 6.15. The van der Waals surface area contributed by atoms with E-state index < -0.39 is 30.4 Å². The highest BCUT2D eigenvalue weighted by atomic mass is 32.1. The fourth-order valence-electron chi connectivity index (χ4n) is 2.25. The van der Waals surface area contributed by atoms with Crippen LogP contribution in [0, 0.1) is 6.92 Å². The van der Waals surface area contributed by atoms with Crippen molar-refractivity contribution < 1.29 is 24.3 Å². The molecule has 8 nitrogen and oxygen atoms in total. The predicted octanol–water partition coefficient (Wildman–Crippen LogP) is 0.980. The lowest BCUT2D eigenvalue weighted by molar-refractivity contribution is -0.146. The predicted molar refractivity (Wildman–Crippen MR) is 79.7 cm³/mol. The van der Waals surface area contributed by atoms with Gasteiger partial charge in [0.1, 0.15) is 11.6 Å². The van der Waals surface area contributed by atoms with Gasteiger partial charge in [0, 0.05) is 0 Å². The second-order valence-electron chi connectivity index (χ2n) is 5.04. The van der Waals surface area contributed by atoms with Crippen LogP contribution in [0.5, 0.6) is 0 Å². The average molecular weight is 333 g/mol. The summed E-state index contributed by atoms with van der Waals surface area (Å²) < 4.78 is 0.910. The number of carboxylic acid groups (broad SMARTS) is 1. The van der Waals surface area contributed by atoms with Crippen LogP contribution in [0.25, 0.3) is 10.2 Å². The van der Waals surface area contributed by atoms with Crippen molar-refractivity contribution in [1.82, 2.24) is 14.8 Å². The third-order valence-electron chi connectivity index (χ3n) is 3.31. The minimum Gasteiger partial charge on any atom is -0.480 e. The highest BCUT2D eigenvalue weighted by Gasteiger charge is 2.45. The van der Waals surface area contributed by atoms with Gasteiger partial charge in [0.25, 0.3) is 0 Å². The molecule has 1 saturated heterocycles. The number of carboxylic acids is 1. The Bertz CT molecular complexity index is 859. The summed E-state index contributed by atoms with van der Waals surface area (Å²) in [6, 6.07) is 4.74. The Hall–Kier alpha value is -2.81. The summed E-state index contributed by atoms with van der Waals surface area (Å²) in [6.07, 6.45) is 0. The molecule has 0 spiro atoms. The Morgan fingerprint density at radius 1 is 1.22 bits per heavy atom. The molecule has 2 heterocycles. The third-order valence-corrected chi connectivity index (χ3v) is 4.31. The molecule has 0 saturated carbocycles. The highest BCUT2D eigenvalue weighted by molar-refractivity contribution is 7.18. The van der Waals surface area contributed by atoms with Crippen molar-refractivity contribution in [2.45, 2.75) is 13.5 Å². The Kier molecular flexibility index (Phi) is 3.57.